The van der Waals surface area contributed by atoms with Gasteiger partial charge in [0.15, 0.2) is 0 Å². The largest absolute Gasteiger partial charge is 0.469 e. The molecule has 0 unspecified atom stereocenters. The number of hydrogen-bond donors (Lipinski definition) is 1. The van der Waals surface area contributed by atoms with Gasteiger partial charge in [0, 0.05) is 17.5 Å². The van der Waals surface area contributed by atoms with Crippen LogP contribution >= 0.6 is 0 Å². The maximum atomic E-state index is 12.1. The van der Waals surface area contributed by atoms with E-state index in [1.165, 1.54) is 7.11 Å². The minimum atomic E-state index is -0.343. The highest BCUT2D eigenvalue weighted by atomic mass is 16.5. The van der Waals surface area contributed by atoms with Gasteiger partial charge in [-0.15, -0.1) is 0 Å². The molecular formula is C18H17NO4. The molecular weight excluding hydrogens is 294 g/mol. The Kier molecular flexibility index (Phi) is 4.28. The van der Waals surface area contributed by atoms with E-state index in [1.54, 1.807) is 6.26 Å². The van der Waals surface area contributed by atoms with Crippen LogP contribution in [0.15, 0.2) is 47.1 Å². The fraction of sp³-hybridized carbons (Fsp3) is 0.222. The van der Waals surface area contributed by atoms with E-state index < -0.39 is 0 Å². The van der Waals surface area contributed by atoms with Gasteiger partial charge in [0.05, 0.1) is 26.2 Å². The fourth-order valence-electron chi connectivity index (χ4n) is 2.65. The topological polar surface area (TPSA) is 68.5 Å². The Labute approximate surface area is 133 Å². The molecule has 2 aromatic carbocycles. The van der Waals surface area contributed by atoms with Gasteiger partial charge in [0.25, 0.3) is 0 Å². The third-order valence-electron chi connectivity index (χ3n) is 3.77. The Hall–Kier alpha value is -2.82. The first-order valence-electron chi connectivity index (χ1n) is 7.40. The molecule has 0 aliphatic carbocycles. The Morgan fingerprint density at radius 2 is 2.00 bits per heavy atom. The number of carbonyl (C=O) groups is 2. The lowest BCUT2D eigenvalue weighted by molar-refractivity contribution is -0.140. The van der Waals surface area contributed by atoms with Crippen LogP contribution in [-0.4, -0.2) is 25.5 Å². The van der Waals surface area contributed by atoms with Gasteiger partial charge in [0.1, 0.15) is 5.58 Å². The first-order chi connectivity index (χ1) is 11.2. The molecule has 3 rings (SSSR count). The van der Waals surface area contributed by atoms with E-state index in [9.17, 15) is 9.59 Å². The van der Waals surface area contributed by atoms with Gasteiger partial charge in [-0.1, -0.05) is 30.3 Å². The molecule has 1 amide bonds. The number of fused-ring (bicyclic) bond motifs is 3. The summed E-state index contributed by atoms with van der Waals surface area (Å²) < 4.78 is 10.1. The van der Waals surface area contributed by atoms with Crippen LogP contribution in [0.5, 0.6) is 0 Å². The van der Waals surface area contributed by atoms with Crippen LogP contribution < -0.4 is 5.32 Å². The summed E-state index contributed by atoms with van der Waals surface area (Å²) in [6.07, 6.45) is 2.00. The number of ether oxygens (including phenoxy) is 1. The minimum Gasteiger partial charge on any atom is -0.469 e. The predicted molar refractivity (Wildman–Crippen MR) is 87.1 cm³/mol. The lowest BCUT2D eigenvalue weighted by Gasteiger charge is -2.04. The van der Waals surface area contributed by atoms with Crippen molar-refractivity contribution < 1.29 is 18.7 Å². The van der Waals surface area contributed by atoms with Crippen LogP contribution in [0.4, 0.5) is 0 Å². The van der Waals surface area contributed by atoms with Gasteiger partial charge in [-0.3, -0.25) is 9.59 Å². The van der Waals surface area contributed by atoms with Crippen molar-refractivity contribution in [3.05, 3.63) is 48.2 Å². The van der Waals surface area contributed by atoms with Crippen molar-refractivity contribution >= 4 is 33.6 Å². The number of carbonyl (C=O) groups excluding carboxylic acids is 2. The van der Waals surface area contributed by atoms with Crippen molar-refractivity contribution in [3.63, 3.8) is 0 Å². The molecule has 3 aromatic rings. The number of esters is 1. The second kappa shape index (κ2) is 6.52. The van der Waals surface area contributed by atoms with Crippen molar-refractivity contribution in [2.24, 2.45) is 0 Å². The van der Waals surface area contributed by atoms with Crippen LogP contribution in [0.25, 0.3) is 21.7 Å². The zero-order chi connectivity index (χ0) is 16.2. The smallest absolute Gasteiger partial charge is 0.307 e. The minimum absolute atomic E-state index is 0.149. The van der Waals surface area contributed by atoms with E-state index in [-0.39, 0.29) is 31.3 Å². The van der Waals surface area contributed by atoms with Crippen molar-refractivity contribution in [2.45, 2.75) is 12.8 Å². The summed E-state index contributed by atoms with van der Waals surface area (Å²) in [4.78, 5) is 23.1. The highest BCUT2D eigenvalue weighted by molar-refractivity contribution is 6.08. The molecule has 1 heterocycles. The SMILES string of the molecule is COC(=O)CCNC(=O)Cc1coc2ccc3ccccc3c12. The summed E-state index contributed by atoms with van der Waals surface area (Å²) in [6.45, 7) is 0.266. The standard InChI is InChI=1S/C18H17NO4/c1-22-17(21)8-9-19-16(20)10-13-11-23-15-7-6-12-4-2-3-5-14(12)18(13)15/h2-7,11H,8-10H2,1H3,(H,19,20). The molecule has 1 aromatic heterocycles. The van der Waals surface area contributed by atoms with Crippen LogP contribution in [0, 0.1) is 0 Å². The third-order valence-corrected chi connectivity index (χ3v) is 3.77. The number of benzene rings is 2. The van der Waals surface area contributed by atoms with Crippen LogP contribution in [0.3, 0.4) is 0 Å². The van der Waals surface area contributed by atoms with Gasteiger partial charge in [-0.05, 0) is 16.8 Å². The van der Waals surface area contributed by atoms with E-state index in [4.69, 9.17) is 4.42 Å². The predicted octanol–water partition coefficient (Wildman–Crippen LogP) is 2.81. The Morgan fingerprint density at radius 3 is 2.83 bits per heavy atom. The van der Waals surface area contributed by atoms with Gasteiger partial charge in [0.2, 0.25) is 5.91 Å². The Balaban J connectivity index is 1.79. The molecule has 0 radical (unpaired) electrons. The average molecular weight is 311 g/mol. The molecule has 0 fully saturated rings. The van der Waals surface area contributed by atoms with E-state index in [1.807, 2.05) is 36.4 Å². The molecule has 0 atom stereocenters. The van der Waals surface area contributed by atoms with E-state index in [0.717, 1.165) is 27.3 Å². The van der Waals surface area contributed by atoms with Gasteiger partial charge in [-0.25, -0.2) is 0 Å². The summed E-state index contributed by atoms with van der Waals surface area (Å²) in [5.41, 5.74) is 1.61. The molecule has 5 heteroatoms. The second-order valence-electron chi connectivity index (χ2n) is 5.27. The quantitative estimate of drug-likeness (QED) is 0.736. The van der Waals surface area contributed by atoms with Crippen molar-refractivity contribution in [1.29, 1.82) is 0 Å². The molecule has 23 heavy (non-hydrogen) atoms. The second-order valence-corrected chi connectivity index (χ2v) is 5.27. The number of rotatable bonds is 5. The first-order valence-corrected chi connectivity index (χ1v) is 7.40. The van der Waals surface area contributed by atoms with E-state index in [0.29, 0.717) is 0 Å². The summed E-state index contributed by atoms with van der Waals surface area (Å²) in [6, 6.07) is 11.9. The maximum Gasteiger partial charge on any atom is 0.307 e. The summed E-state index contributed by atoms with van der Waals surface area (Å²) >= 11 is 0. The lowest BCUT2D eigenvalue weighted by atomic mass is 10.0. The first kappa shape index (κ1) is 15.1. The molecule has 1 N–H and O–H groups in total. The van der Waals surface area contributed by atoms with Crippen LogP contribution in [0.2, 0.25) is 0 Å². The maximum absolute atomic E-state index is 12.1. The highest BCUT2D eigenvalue weighted by Gasteiger charge is 2.13. The summed E-state index contributed by atoms with van der Waals surface area (Å²) in [5, 5.41) is 5.85. The monoisotopic (exact) mass is 311 g/mol. The molecule has 0 saturated heterocycles. The van der Waals surface area contributed by atoms with Gasteiger partial charge < -0.3 is 14.5 Å². The van der Waals surface area contributed by atoms with Crippen LogP contribution in [0.1, 0.15) is 12.0 Å². The van der Waals surface area contributed by atoms with Crippen molar-refractivity contribution in [1.82, 2.24) is 5.32 Å². The average Bonchev–Trinajstić information content (AvgIpc) is 2.98. The molecule has 0 spiro atoms. The summed E-state index contributed by atoms with van der Waals surface area (Å²) in [7, 11) is 1.33. The third kappa shape index (κ3) is 3.18. The lowest BCUT2D eigenvalue weighted by Crippen LogP contribution is -2.27. The molecule has 5 nitrogen and oxygen atoms in total. The molecule has 0 bridgehead atoms. The number of methoxy groups -OCH3 is 1. The van der Waals surface area contributed by atoms with Gasteiger partial charge >= 0.3 is 5.97 Å². The normalized spacial score (nSPS) is 10.8. The van der Waals surface area contributed by atoms with E-state index in [2.05, 4.69) is 10.1 Å². The van der Waals surface area contributed by atoms with Gasteiger partial charge in [-0.2, -0.15) is 0 Å². The zero-order valence-electron chi connectivity index (χ0n) is 12.8. The summed E-state index contributed by atoms with van der Waals surface area (Å²) in [5.74, 6) is -0.491. The number of amides is 1. The van der Waals surface area contributed by atoms with Crippen molar-refractivity contribution in [2.75, 3.05) is 13.7 Å². The zero-order valence-corrected chi connectivity index (χ0v) is 12.8. The number of furan rings is 1. The molecule has 0 aliphatic heterocycles. The Morgan fingerprint density at radius 1 is 1.17 bits per heavy atom. The van der Waals surface area contributed by atoms with E-state index >= 15 is 0 Å². The number of hydrogen-bond acceptors (Lipinski definition) is 4. The molecule has 118 valence electrons. The fourth-order valence-corrected chi connectivity index (χ4v) is 2.65. The molecule has 0 saturated carbocycles. The highest BCUT2D eigenvalue weighted by Crippen LogP contribution is 2.30. The Bertz CT molecular complexity index is 866. The van der Waals surface area contributed by atoms with Crippen molar-refractivity contribution in [3.8, 4) is 0 Å². The number of nitrogens with one attached hydrogen (secondary N) is 1. The molecule has 0 aliphatic rings. The van der Waals surface area contributed by atoms with Crippen LogP contribution in [-0.2, 0) is 20.7 Å².